The molecule has 55 heavy (non-hydrogen) atoms. The zero-order chi connectivity index (χ0) is 36.3. The van der Waals surface area contributed by atoms with Gasteiger partial charge in [-0.15, -0.1) is 0 Å². The Hall–Kier alpha value is -7.43. The van der Waals surface area contributed by atoms with Crippen molar-refractivity contribution < 1.29 is 4.42 Å². The lowest BCUT2D eigenvalue weighted by atomic mass is 10.0. The van der Waals surface area contributed by atoms with Crippen LogP contribution in [0.1, 0.15) is 0 Å². The number of para-hydroxylation sites is 1. The van der Waals surface area contributed by atoms with Crippen molar-refractivity contribution >= 4 is 71.7 Å². The van der Waals surface area contributed by atoms with E-state index in [-0.39, 0.29) is 0 Å². The quantitative estimate of drug-likeness (QED) is 0.173. The monoisotopic (exact) mass is 703 g/mol. The predicted octanol–water partition coefficient (Wildman–Crippen LogP) is 14.0. The minimum Gasteiger partial charge on any atom is -0.454 e. The first kappa shape index (κ1) is 31.1. The zero-order valence-corrected chi connectivity index (χ0v) is 29.8. The fraction of sp³-hybridized carbons (Fsp3) is 0. The van der Waals surface area contributed by atoms with Gasteiger partial charge in [-0.1, -0.05) is 121 Å². The van der Waals surface area contributed by atoms with Crippen molar-refractivity contribution in [3.05, 3.63) is 200 Å². The molecule has 0 saturated heterocycles. The molecule has 3 aromatic heterocycles. The average Bonchev–Trinajstić information content (AvgIpc) is 3.81. The largest absolute Gasteiger partial charge is 0.454 e. The second kappa shape index (κ2) is 12.6. The minimum absolute atomic E-state index is 0.794. The Labute approximate surface area is 317 Å². The summed E-state index contributed by atoms with van der Waals surface area (Å²) in [5, 5.41) is 6.07. The van der Waals surface area contributed by atoms with E-state index in [1.54, 1.807) is 0 Å². The summed E-state index contributed by atoms with van der Waals surface area (Å²) in [7, 11) is 0. The highest BCUT2D eigenvalue weighted by atomic mass is 16.3. The molecule has 11 rings (SSSR count). The van der Waals surface area contributed by atoms with Gasteiger partial charge in [0.2, 0.25) is 0 Å². The van der Waals surface area contributed by atoms with Gasteiger partial charge in [-0.3, -0.25) is 4.98 Å². The number of hydrogen-bond acceptors (Lipinski definition) is 3. The van der Waals surface area contributed by atoms with Crippen LogP contribution in [0.15, 0.2) is 205 Å². The maximum atomic E-state index is 6.18. The molecule has 0 atom stereocenters. The SMILES string of the molecule is c1ccc(-c2ccc(N(c3ccc(-c4cccc5oc6cccnc6c45)cc3)c3cccc(-n4c5ccccc5c5c6ccccc6ccc54)c3)cc2)cc1. The van der Waals surface area contributed by atoms with E-state index in [4.69, 9.17) is 4.42 Å². The van der Waals surface area contributed by atoms with Crippen molar-refractivity contribution in [1.29, 1.82) is 0 Å². The molecular formula is C51H33N3O. The molecule has 0 spiro atoms. The van der Waals surface area contributed by atoms with Crippen LogP contribution in [0.3, 0.4) is 0 Å². The fourth-order valence-electron chi connectivity index (χ4n) is 8.34. The van der Waals surface area contributed by atoms with Crippen molar-refractivity contribution in [3.8, 4) is 27.9 Å². The number of anilines is 3. The van der Waals surface area contributed by atoms with Crippen LogP contribution in [0.25, 0.3) is 82.6 Å². The minimum atomic E-state index is 0.794. The first-order valence-corrected chi connectivity index (χ1v) is 18.6. The predicted molar refractivity (Wildman–Crippen MR) is 229 cm³/mol. The van der Waals surface area contributed by atoms with Gasteiger partial charge in [0.15, 0.2) is 5.58 Å². The number of aromatic nitrogens is 2. The molecule has 8 aromatic carbocycles. The molecule has 0 aliphatic heterocycles. The molecule has 0 N–H and O–H groups in total. The van der Waals surface area contributed by atoms with E-state index in [1.165, 1.54) is 43.7 Å². The third-order valence-electron chi connectivity index (χ3n) is 10.8. The van der Waals surface area contributed by atoms with Gasteiger partial charge in [-0.2, -0.15) is 0 Å². The van der Waals surface area contributed by atoms with Crippen LogP contribution in [0, 0.1) is 0 Å². The summed E-state index contributed by atoms with van der Waals surface area (Å²) in [6.07, 6.45) is 1.83. The van der Waals surface area contributed by atoms with Crippen LogP contribution in [0.2, 0.25) is 0 Å². The van der Waals surface area contributed by atoms with E-state index in [1.807, 2.05) is 24.4 Å². The molecule has 0 radical (unpaired) electrons. The topological polar surface area (TPSA) is 34.2 Å². The zero-order valence-electron chi connectivity index (χ0n) is 29.8. The standard InChI is InChI=1S/C51H33N3O/c1-2-11-34(12-3-1)35-22-27-38(28-23-35)53(39-29-24-37(25-30-39)43-18-9-20-47-50(43)51-48(55-47)21-10-32-52-51)40-14-8-15-41(33-40)54-45-19-7-6-17-44(45)49-42-16-5-4-13-36(42)26-31-46(49)54/h1-33H. The Kier molecular flexibility index (Phi) is 7.14. The summed E-state index contributed by atoms with van der Waals surface area (Å²) in [4.78, 5) is 7.04. The molecule has 0 amide bonds. The van der Waals surface area contributed by atoms with Crippen LogP contribution in [-0.2, 0) is 0 Å². The smallest absolute Gasteiger partial charge is 0.153 e. The van der Waals surface area contributed by atoms with E-state index in [9.17, 15) is 0 Å². The van der Waals surface area contributed by atoms with Crippen molar-refractivity contribution in [2.75, 3.05) is 4.90 Å². The van der Waals surface area contributed by atoms with Gasteiger partial charge in [-0.05, 0) is 106 Å². The molecule has 4 heteroatoms. The second-order valence-electron chi connectivity index (χ2n) is 14.0. The number of fused-ring (bicyclic) bond motifs is 8. The molecular weight excluding hydrogens is 671 g/mol. The number of pyridine rings is 1. The first-order chi connectivity index (χ1) is 27.3. The van der Waals surface area contributed by atoms with Crippen LogP contribution >= 0.6 is 0 Å². The van der Waals surface area contributed by atoms with Gasteiger partial charge in [0, 0.05) is 39.7 Å². The van der Waals surface area contributed by atoms with Gasteiger partial charge < -0.3 is 13.9 Å². The van der Waals surface area contributed by atoms with E-state index in [0.717, 1.165) is 55.9 Å². The molecule has 0 fully saturated rings. The number of nitrogens with zero attached hydrogens (tertiary/aromatic N) is 3. The summed E-state index contributed by atoms with van der Waals surface area (Å²) in [5.41, 5.74) is 13.8. The van der Waals surface area contributed by atoms with E-state index < -0.39 is 0 Å². The maximum Gasteiger partial charge on any atom is 0.153 e. The number of furan rings is 1. The second-order valence-corrected chi connectivity index (χ2v) is 14.0. The first-order valence-electron chi connectivity index (χ1n) is 18.6. The van der Waals surface area contributed by atoms with Gasteiger partial charge in [0.05, 0.1) is 16.4 Å². The normalized spacial score (nSPS) is 11.6. The summed E-state index contributed by atoms with van der Waals surface area (Å²) in [5.74, 6) is 0. The Morgan fingerprint density at radius 2 is 1.13 bits per heavy atom. The van der Waals surface area contributed by atoms with Gasteiger partial charge >= 0.3 is 0 Å². The Balaban J connectivity index is 1.07. The molecule has 258 valence electrons. The molecule has 0 unspecified atom stereocenters. The molecule has 4 nitrogen and oxygen atoms in total. The number of hydrogen-bond donors (Lipinski definition) is 0. The molecule has 0 aliphatic carbocycles. The van der Waals surface area contributed by atoms with Gasteiger partial charge in [0.1, 0.15) is 11.1 Å². The van der Waals surface area contributed by atoms with Crippen molar-refractivity contribution in [2.45, 2.75) is 0 Å². The van der Waals surface area contributed by atoms with E-state index in [0.29, 0.717) is 0 Å². The molecule has 11 aromatic rings. The van der Waals surface area contributed by atoms with Crippen molar-refractivity contribution in [2.24, 2.45) is 0 Å². The van der Waals surface area contributed by atoms with Crippen LogP contribution in [-0.4, -0.2) is 9.55 Å². The fourth-order valence-corrected chi connectivity index (χ4v) is 8.34. The van der Waals surface area contributed by atoms with Gasteiger partial charge in [0.25, 0.3) is 0 Å². The highest BCUT2D eigenvalue weighted by Gasteiger charge is 2.19. The molecule has 0 aliphatic rings. The highest BCUT2D eigenvalue weighted by Crippen LogP contribution is 2.42. The van der Waals surface area contributed by atoms with Crippen molar-refractivity contribution in [1.82, 2.24) is 9.55 Å². The van der Waals surface area contributed by atoms with E-state index in [2.05, 4.69) is 190 Å². The van der Waals surface area contributed by atoms with Crippen molar-refractivity contribution in [3.63, 3.8) is 0 Å². The number of rotatable bonds is 6. The summed E-state index contributed by atoms with van der Waals surface area (Å²) >= 11 is 0. The lowest BCUT2D eigenvalue weighted by Gasteiger charge is -2.26. The van der Waals surface area contributed by atoms with Crippen LogP contribution < -0.4 is 4.90 Å². The number of benzene rings is 8. The van der Waals surface area contributed by atoms with E-state index >= 15 is 0 Å². The average molecular weight is 704 g/mol. The third kappa shape index (κ3) is 5.11. The Morgan fingerprint density at radius 3 is 1.96 bits per heavy atom. The lowest BCUT2D eigenvalue weighted by Crippen LogP contribution is -2.10. The third-order valence-corrected chi connectivity index (χ3v) is 10.8. The summed E-state index contributed by atoms with van der Waals surface area (Å²) in [6.45, 7) is 0. The molecule has 0 saturated carbocycles. The summed E-state index contributed by atoms with van der Waals surface area (Å²) in [6, 6.07) is 69.2. The maximum absolute atomic E-state index is 6.18. The Morgan fingerprint density at radius 1 is 0.436 bits per heavy atom. The molecule has 0 bridgehead atoms. The molecule has 3 heterocycles. The highest BCUT2D eigenvalue weighted by molar-refractivity contribution is 6.21. The summed E-state index contributed by atoms with van der Waals surface area (Å²) < 4.78 is 8.58. The lowest BCUT2D eigenvalue weighted by molar-refractivity contribution is 0.668. The van der Waals surface area contributed by atoms with Crippen LogP contribution in [0.5, 0.6) is 0 Å². The van der Waals surface area contributed by atoms with Crippen LogP contribution in [0.4, 0.5) is 17.1 Å². The van der Waals surface area contributed by atoms with Gasteiger partial charge in [-0.25, -0.2) is 0 Å². The Bertz CT molecular complexity index is 3190.